The Bertz CT molecular complexity index is 1180. The van der Waals surface area contributed by atoms with E-state index in [9.17, 15) is 18.0 Å². The first-order valence-electron chi connectivity index (χ1n) is 10.0. The molecule has 32 heavy (non-hydrogen) atoms. The summed E-state index contributed by atoms with van der Waals surface area (Å²) in [7, 11) is -3.91. The standard InChI is InChI=1S/C24H25N3O4S/c1-17-8-14-22(15-9-17)32(30,31)27-23(16-19-6-4-3-5-7-19)24(29)26-21-12-10-20(11-13-21)25-18(2)28/h3-15,23,27H,16H2,1-2H3,(H,25,28)(H,26,29). The molecule has 0 aliphatic carbocycles. The summed E-state index contributed by atoms with van der Waals surface area (Å²) in [6.45, 7) is 3.27. The number of nitrogens with one attached hydrogen (secondary N) is 3. The van der Waals surface area contributed by atoms with Crippen LogP contribution in [0.2, 0.25) is 0 Å². The monoisotopic (exact) mass is 451 g/mol. The Kier molecular flexibility index (Phi) is 7.40. The van der Waals surface area contributed by atoms with Crippen molar-refractivity contribution in [2.75, 3.05) is 10.6 Å². The van der Waals surface area contributed by atoms with E-state index in [1.54, 1.807) is 36.4 Å². The van der Waals surface area contributed by atoms with Gasteiger partial charge in [0.05, 0.1) is 4.90 Å². The average Bonchev–Trinajstić information content (AvgIpc) is 2.75. The highest BCUT2D eigenvalue weighted by Crippen LogP contribution is 2.16. The predicted molar refractivity (Wildman–Crippen MR) is 125 cm³/mol. The van der Waals surface area contributed by atoms with Crippen molar-refractivity contribution >= 4 is 33.2 Å². The van der Waals surface area contributed by atoms with Crippen LogP contribution in [0.3, 0.4) is 0 Å². The molecule has 8 heteroatoms. The molecule has 1 unspecified atom stereocenters. The molecule has 3 aromatic carbocycles. The number of carbonyl (C=O) groups excluding carboxylic acids is 2. The van der Waals surface area contributed by atoms with Gasteiger partial charge in [-0.15, -0.1) is 0 Å². The topological polar surface area (TPSA) is 104 Å². The van der Waals surface area contributed by atoms with Crippen LogP contribution in [0.25, 0.3) is 0 Å². The lowest BCUT2D eigenvalue weighted by Crippen LogP contribution is -2.45. The van der Waals surface area contributed by atoms with E-state index in [-0.39, 0.29) is 17.2 Å². The zero-order valence-electron chi connectivity index (χ0n) is 17.8. The largest absolute Gasteiger partial charge is 0.326 e. The maximum atomic E-state index is 13.0. The van der Waals surface area contributed by atoms with Crippen LogP contribution in [0, 0.1) is 6.92 Å². The quantitative estimate of drug-likeness (QED) is 0.488. The lowest BCUT2D eigenvalue weighted by Gasteiger charge is -2.19. The van der Waals surface area contributed by atoms with Gasteiger partial charge >= 0.3 is 0 Å². The Labute approximate surface area is 187 Å². The Balaban J connectivity index is 1.81. The van der Waals surface area contributed by atoms with Crippen LogP contribution < -0.4 is 15.4 Å². The minimum absolute atomic E-state index is 0.0913. The fourth-order valence-corrected chi connectivity index (χ4v) is 4.28. The zero-order chi connectivity index (χ0) is 23.1. The number of carbonyl (C=O) groups is 2. The molecule has 166 valence electrons. The molecule has 0 fully saturated rings. The zero-order valence-corrected chi connectivity index (χ0v) is 18.6. The van der Waals surface area contributed by atoms with Crippen LogP contribution in [0.15, 0.2) is 83.8 Å². The van der Waals surface area contributed by atoms with E-state index >= 15 is 0 Å². The molecule has 3 rings (SSSR count). The van der Waals surface area contributed by atoms with Gasteiger partial charge in [0, 0.05) is 18.3 Å². The first-order chi connectivity index (χ1) is 15.2. The van der Waals surface area contributed by atoms with E-state index in [1.807, 2.05) is 37.3 Å². The van der Waals surface area contributed by atoms with Gasteiger partial charge in [-0.1, -0.05) is 48.0 Å². The molecule has 0 aliphatic rings. The number of aryl methyl sites for hydroxylation is 1. The molecule has 0 aromatic heterocycles. The van der Waals surface area contributed by atoms with E-state index < -0.39 is 22.0 Å². The lowest BCUT2D eigenvalue weighted by atomic mass is 10.1. The van der Waals surface area contributed by atoms with Gasteiger partial charge in [0.2, 0.25) is 21.8 Å². The molecular formula is C24H25N3O4S. The summed E-state index contributed by atoms with van der Waals surface area (Å²) in [5.41, 5.74) is 2.83. The van der Waals surface area contributed by atoms with Gasteiger partial charge < -0.3 is 10.6 Å². The van der Waals surface area contributed by atoms with Gasteiger partial charge in [-0.3, -0.25) is 9.59 Å². The second-order valence-electron chi connectivity index (χ2n) is 7.42. The second-order valence-corrected chi connectivity index (χ2v) is 9.14. The highest BCUT2D eigenvalue weighted by molar-refractivity contribution is 7.89. The predicted octanol–water partition coefficient (Wildman–Crippen LogP) is 3.48. The first kappa shape index (κ1) is 23.2. The van der Waals surface area contributed by atoms with E-state index in [1.165, 1.54) is 19.1 Å². The van der Waals surface area contributed by atoms with Crippen molar-refractivity contribution in [3.05, 3.63) is 90.0 Å². The molecule has 0 bridgehead atoms. The Hall–Kier alpha value is -3.49. The normalized spacial score (nSPS) is 12.1. The van der Waals surface area contributed by atoms with Gasteiger partial charge in [-0.05, 0) is 55.3 Å². The summed E-state index contributed by atoms with van der Waals surface area (Å²) in [6.07, 6.45) is 0.182. The lowest BCUT2D eigenvalue weighted by molar-refractivity contribution is -0.117. The van der Waals surface area contributed by atoms with Crippen LogP contribution in [0.1, 0.15) is 18.1 Å². The number of rotatable bonds is 8. The third-order valence-corrected chi connectivity index (χ3v) is 6.19. The number of sulfonamides is 1. The number of hydrogen-bond acceptors (Lipinski definition) is 4. The van der Waals surface area contributed by atoms with Crippen molar-refractivity contribution in [2.45, 2.75) is 31.2 Å². The van der Waals surface area contributed by atoms with E-state index in [0.29, 0.717) is 11.4 Å². The molecule has 0 heterocycles. The maximum Gasteiger partial charge on any atom is 0.242 e. The molecule has 3 N–H and O–H groups in total. The summed E-state index contributed by atoms with van der Waals surface area (Å²) in [4.78, 5) is 24.3. The average molecular weight is 452 g/mol. The molecular weight excluding hydrogens is 426 g/mol. The van der Waals surface area contributed by atoms with E-state index in [2.05, 4.69) is 15.4 Å². The van der Waals surface area contributed by atoms with Crippen LogP contribution in [-0.2, 0) is 26.0 Å². The van der Waals surface area contributed by atoms with Crippen LogP contribution in [0.4, 0.5) is 11.4 Å². The fourth-order valence-electron chi connectivity index (χ4n) is 3.08. The van der Waals surface area contributed by atoms with Crippen molar-refractivity contribution in [1.29, 1.82) is 0 Å². The van der Waals surface area contributed by atoms with Crippen molar-refractivity contribution < 1.29 is 18.0 Å². The molecule has 0 aliphatic heterocycles. The van der Waals surface area contributed by atoms with Gasteiger partial charge in [-0.25, -0.2) is 8.42 Å². The smallest absolute Gasteiger partial charge is 0.242 e. The third kappa shape index (κ3) is 6.50. The summed E-state index contributed by atoms with van der Waals surface area (Å²) < 4.78 is 28.4. The van der Waals surface area contributed by atoms with Crippen molar-refractivity contribution in [1.82, 2.24) is 4.72 Å². The highest BCUT2D eigenvalue weighted by Gasteiger charge is 2.26. The molecule has 2 amide bonds. The number of amides is 2. The van der Waals surface area contributed by atoms with Gasteiger partial charge in [0.15, 0.2) is 0 Å². The molecule has 7 nitrogen and oxygen atoms in total. The van der Waals surface area contributed by atoms with Crippen LogP contribution in [-0.4, -0.2) is 26.3 Å². The molecule has 3 aromatic rings. The Morgan fingerprint density at radius 3 is 1.94 bits per heavy atom. The third-order valence-electron chi connectivity index (χ3n) is 4.70. The summed E-state index contributed by atoms with van der Waals surface area (Å²) in [5, 5.41) is 5.40. The van der Waals surface area contributed by atoms with Crippen LogP contribution >= 0.6 is 0 Å². The number of hydrogen-bond donors (Lipinski definition) is 3. The van der Waals surface area contributed by atoms with E-state index in [0.717, 1.165) is 11.1 Å². The van der Waals surface area contributed by atoms with Crippen molar-refractivity contribution in [3.8, 4) is 0 Å². The minimum atomic E-state index is -3.91. The summed E-state index contributed by atoms with van der Waals surface area (Å²) in [5.74, 6) is -0.688. The molecule has 0 radical (unpaired) electrons. The number of benzene rings is 3. The van der Waals surface area contributed by atoms with Gasteiger partial charge in [0.1, 0.15) is 6.04 Å². The second kappa shape index (κ2) is 10.2. The fraction of sp³-hybridized carbons (Fsp3) is 0.167. The molecule has 1 atom stereocenters. The SMILES string of the molecule is CC(=O)Nc1ccc(NC(=O)C(Cc2ccccc2)NS(=O)(=O)c2ccc(C)cc2)cc1. The number of anilines is 2. The molecule has 0 spiro atoms. The van der Waals surface area contributed by atoms with Gasteiger partial charge in [0.25, 0.3) is 0 Å². The maximum absolute atomic E-state index is 13.0. The summed E-state index contributed by atoms with van der Waals surface area (Å²) in [6, 6.07) is 21.2. The van der Waals surface area contributed by atoms with Crippen molar-refractivity contribution in [3.63, 3.8) is 0 Å². The Morgan fingerprint density at radius 2 is 1.38 bits per heavy atom. The highest BCUT2D eigenvalue weighted by atomic mass is 32.2. The molecule has 0 saturated heterocycles. The van der Waals surface area contributed by atoms with Gasteiger partial charge in [-0.2, -0.15) is 4.72 Å². The molecule has 0 saturated carbocycles. The van der Waals surface area contributed by atoms with Crippen LogP contribution in [0.5, 0.6) is 0 Å². The Morgan fingerprint density at radius 1 is 0.812 bits per heavy atom. The first-order valence-corrected chi connectivity index (χ1v) is 11.5. The van der Waals surface area contributed by atoms with Crippen molar-refractivity contribution in [2.24, 2.45) is 0 Å². The summed E-state index contributed by atoms with van der Waals surface area (Å²) >= 11 is 0. The van der Waals surface area contributed by atoms with E-state index in [4.69, 9.17) is 0 Å². The minimum Gasteiger partial charge on any atom is -0.326 e.